The van der Waals surface area contributed by atoms with Crippen LogP contribution < -0.4 is 23.7 Å². The number of nitrogens with zero attached hydrogens (tertiary/aromatic N) is 4. The normalized spacial score (nSPS) is 11.1. The van der Waals surface area contributed by atoms with Gasteiger partial charge in [0.2, 0.25) is 5.88 Å². The van der Waals surface area contributed by atoms with Crippen LogP contribution in [0.25, 0.3) is 11.1 Å². The first-order valence-corrected chi connectivity index (χ1v) is 11.7. The Bertz CT molecular complexity index is 1130. The smallest absolute Gasteiger partial charge is 0.316 e. The monoisotopic (exact) mass is 524 g/mol. The fourth-order valence-corrected chi connectivity index (χ4v) is 3.67. The molecule has 0 aliphatic rings. The van der Waals surface area contributed by atoms with E-state index in [-0.39, 0.29) is 37.5 Å². The minimum absolute atomic E-state index is 0.0812. The van der Waals surface area contributed by atoms with Gasteiger partial charge in [-0.1, -0.05) is 35.0 Å². The molecule has 0 amide bonds. The second kappa shape index (κ2) is 11.0. The predicted molar refractivity (Wildman–Crippen MR) is 121 cm³/mol. The van der Waals surface area contributed by atoms with Gasteiger partial charge in [-0.15, -0.1) is 0 Å². The lowest BCUT2D eigenvalue weighted by molar-refractivity contribution is 0.201. The standard InChI is InChI=1S/C19H21BrN6O5S/c1-3-25-32(27,28)26-17-16(13-4-6-14(20)7-5-13)18(24-12-23-17)30-8-9-31-19-21-10-15(29-2)11-22-19/h4-7,10-12,25H,3,8-9H2,1-2H3,(H,23,24,26). The van der Waals surface area contributed by atoms with Gasteiger partial charge in [0.25, 0.3) is 10.2 Å². The molecular formula is C19H21BrN6O5S. The third kappa shape index (κ3) is 6.48. The molecule has 170 valence electrons. The van der Waals surface area contributed by atoms with Gasteiger partial charge in [-0.25, -0.2) is 9.97 Å². The van der Waals surface area contributed by atoms with Gasteiger partial charge in [0.1, 0.15) is 19.5 Å². The summed E-state index contributed by atoms with van der Waals surface area (Å²) in [7, 11) is -2.30. The molecule has 1 aromatic carbocycles. The van der Waals surface area contributed by atoms with Crippen LogP contribution in [0.2, 0.25) is 0 Å². The Kier molecular flexibility index (Phi) is 8.14. The fourth-order valence-electron chi connectivity index (χ4n) is 2.54. The zero-order valence-corrected chi connectivity index (χ0v) is 19.7. The maximum absolute atomic E-state index is 12.2. The second-order valence-corrected chi connectivity index (χ2v) is 8.53. The van der Waals surface area contributed by atoms with Crippen molar-refractivity contribution in [2.24, 2.45) is 0 Å². The highest BCUT2D eigenvalue weighted by Crippen LogP contribution is 2.34. The van der Waals surface area contributed by atoms with E-state index >= 15 is 0 Å². The summed E-state index contributed by atoms with van der Waals surface area (Å²) in [6.45, 7) is 2.14. The predicted octanol–water partition coefficient (Wildman–Crippen LogP) is 2.43. The number of hydrogen-bond donors (Lipinski definition) is 2. The Morgan fingerprint density at radius 2 is 1.69 bits per heavy atom. The molecule has 0 atom stereocenters. The van der Waals surface area contributed by atoms with Crippen LogP contribution >= 0.6 is 15.9 Å². The summed E-state index contributed by atoms with van der Waals surface area (Å²) in [5.74, 6) is 0.787. The number of anilines is 1. The molecule has 0 radical (unpaired) electrons. The molecule has 0 fully saturated rings. The summed E-state index contributed by atoms with van der Waals surface area (Å²) in [5, 5.41) is 0. The molecule has 2 aromatic heterocycles. The molecule has 13 heteroatoms. The Morgan fingerprint density at radius 1 is 1.00 bits per heavy atom. The Labute approximate surface area is 193 Å². The number of rotatable bonds is 11. The van der Waals surface area contributed by atoms with Crippen molar-refractivity contribution in [3.63, 3.8) is 0 Å². The maximum Gasteiger partial charge on any atom is 0.316 e. The third-order valence-corrected chi connectivity index (χ3v) is 5.56. The number of hydrogen-bond acceptors (Lipinski definition) is 9. The van der Waals surface area contributed by atoms with E-state index in [1.54, 1.807) is 19.1 Å². The first kappa shape index (κ1) is 23.6. The van der Waals surface area contributed by atoms with Crippen molar-refractivity contribution >= 4 is 32.0 Å². The van der Waals surface area contributed by atoms with Gasteiger partial charge in [-0.2, -0.15) is 23.1 Å². The molecule has 3 aromatic rings. The van der Waals surface area contributed by atoms with E-state index in [1.807, 2.05) is 12.1 Å². The lowest BCUT2D eigenvalue weighted by Gasteiger charge is -2.15. The van der Waals surface area contributed by atoms with Crippen molar-refractivity contribution in [3.8, 4) is 28.8 Å². The summed E-state index contributed by atoms with van der Waals surface area (Å²) in [4.78, 5) is 16.3. The van der Waals surface area contributed by atoms with Gasteiger partial charge < -0.3 is 14.2 Å². The Morgan fingerprint density at radius 3 is 2.34 bits per heavy atom. The Hall–Kier alpha value is -3.03. The molecule has 0 spiro atoms. The molecule has 0 bridgehead atoms. The lowest BCUT2D eigenvalue weighted by Crippen LogP contribution is -2.30. The van der Waals surface area contributed by atoms with Crippen LogP contribution in [0.4, 0.5) is 5.82 Å². The minimum atomic E-state index is -3.81. The highest BCUT2D eigenvalue weighted by molar-refractivity contribution is 9.10. The fraction of sp³-hybridized carbons (Fsp3) is 0.263. The second-order valence-electron chi connectivity index (χ2n) is 6.12. The topological polar surface area (TPSA) is 137 Å². The highest BCUT2D eigenvalue weighted by atomic mass is 79.9. The van der Waals surface area contributed by atoms with E-state index in [1.165, 1.54) is 25.8 Å². The summed E-state index contributed by atoms with van der Waals surface area (Å²) < 4.78 is 46.4. The molecule has 0 unspecified atom stereocenters. The van der Waals surface area contributed by atoms with Crippen LogP contribution in [0.1, 0.15) is 6.92 Å². The van der Waals surface area contributed by atoms with E-state index < -0.39 is 10.2 Å². The van der Waals surface area contributed by atoms with Crippen LogP contribution in [0.3, 0.4) is 0 Å². The molecule has 2 heterocycles. The molecule has 11 nitrogen and oxygen atoms in total. The number of methoxy groups -OCH3 is 1. The number of halogens is 1. The summed E-state index contributed by atoms with van der Waals surface area (Å²) in [5.41, 5.74) is 1.06. The lowest BCUT2D eigenvalue weighted by atomic mass is 10.1. The van der Waals surface area contributed by atoms with E-state index in [9.17, 15) is 8.42 Å². The van der Waals surface area contributed by atoms with Crippen LogP contribution in [-0.4, -0.2) is 55.2 Å². The molecule has 0 aliphatic heterocycles. The van der Waals surface area contributed by atoms with Crippen LogP contribution in [0.15, 0.2) is 47.5 Å². The molecule has 0 saturated carbocycles. The van der Waals surface area contributed by atoms with E-state index in [0.29, 0.717) is 16.9 Å². The Balaban J connectivity index is 1.79. The van der Waals surface area contributed by atoms with Crippen molar-refractivity contribution < 1.29 is 22.6 Å². The zero-order chi connectivity index (χ0) is 23.0. The molecule has 3 rings (SSSR count). The van der Waals surface area contributed by atoms with E-state index in [2.05, 4.69) is 45.3 Å². The van der Waals surface area contributed by atoms with Gasteiger partial charge in [0.15, 0.2) is 11.6 Å². The summed E-state index contributed by atoms with van der Waals surface area (Å²) >= 11 is 3.39. The molecule has 0 saturated heterocycles. The molecule has 32 heavy (non-hydrogen) atoms. The number of benzene rings is 1. The van der Waals surface area contributed by atoms with Crippen molar-refractivity contribution in [2.45, 2.75) is 6.92 Å². The number of ether oxygens (including phenoxy) is 3. The van der Waals surface area contributed by atoms with E-state index in [0.717, 1.165) is 4.47 Å². The van der Waals surface area contributed by atoms with Gasteiger partial charge >= 0.3 is 6.01 Å². The average molecular weight is 525 g/mol. The van der Waals surface area contributed by atoms with Crippen molar-refractivity contribution in [3.05, 3.63) is 47.5 Å². The van der Waals surface area contributed by atoms with Gasteiger partial charge in [-0.3, -0.25) is 4.72 Å². The summed E-state index contributed by atoms with van der Waals surface area (Å²) in [6, 6.07) is 7.40. The third-order valence-electron chi connectivity index (χ3n) is 3.90. The largest absolute Gasteiger partial charge is 0.494 e. The minimum Gasteiger partial charge on any atom is -0.494 e. The van der Waals surface area contributed by atoms with Gasteiger partial charge in [-0.05, 0) is 17.7 Å². The van der Waals surface area contributed by atoms with Gasteiger partial charge in [0, 0.05) is 11.0 Å². The zero-order valence-electron chi connectivity index (χ0n) is 17.3. The molecular weight excluding hydrogens is 504 g/mol. The van der Waals surface area contributed by atoms with Crippen molar-refractivity contribution in [1.29, 1.82) is 0 Å². The average Bonchev–Trinajstić information content (AvgIpc) is 2.78. The molecule has 0 aliphatic carbocycles. The number of nitrogens with one attached hydrogen (secondary N) is 2. The van der Waals surface area contributed by atoms with Crippen LogP contribution in [0, 0.1) is 0 Å². The first-order valence-electron chi connectivity index (χ1n) is 9.42. The summed E-state index contributed by atoms with van der Waals surface area (Å²) in [6.07, 6.45) is 4.19. The quantitative estimate of drug-likeness (QED) is 0.362. The van der Waals surface area contributed by atoms with Crippen molar-refractivity contribution in [2.75, 3.05) is 31.6 Å². The van der Waals surface area contributed by atoms with Crippen LogP contribution in [0.5, 0.6) is 17.6 Å². The van der Waals surface area contributed by atoms with Crippen molar-refractivity contribution in [1.82, 2.24) is 24.7 Å². The SMILES string of the molecule is CCNS(=O)(=O)Nc1ncnc(OCCOc2ncc(OC)cn2)c1-c1ccc(Br)cc1. The molecule has 2 N–H and O–H groups in total. The first-order chi connectivity index (χ1) is 15.4. The van der Waals surface area contributed by atoms with Crippen LogP contribution in [-0.2, 0) is 10.2 Å². The van der Waals surface area contributed by atoms with Gasteiger partial charge in [0.05, 0.1) is 25.1 Å². The number of aromatic nitrogens is 4. The highest BCUT2D eigenvalue weighted by Gasteiger charge is 2.19. The van der Waals surface area contributed by atoms with E-state index in [4.69, 9.17) is 14.2 Å². The maximum atomic E-state index is 12.2.